The first kappa shape index (κ1) is 9.33. The minimum absolute atomic E-state index is 0.312. The van der Waals surface area contributed by atoms with Crippen LogP contribution in [0, 0.1) is 19.3 Å². The highest BCUT2D eigenvalue weighted by molar-refractivity contribution is 5.43. The molecule has 1 atom stereocenters. The Morgan fingerprint density at radius 1 is 1.62 bits per heavy atom. The Balaban J connectivity index is 2.90. The van der Waals surface area contributed by atoms with Crippen LogP contribution < -0.4 is 10.5 Å². The number of hydrogen-bond acceptors (Lipinski definition) is 4. The van der Waals surface area contributed by atoms with Crippen molar-refractivity contribution in [1.29, 1.82) is 0 Å². The van der Waals surface area contributed by atoms with E-state index in [2.05, 4.69) is 15.9 Å². The molecule has 0 amide bonds. The molecule has 68 valence electrons. The van der Waals surface area contributed by atoms with Crippen molar-refractivity contribution in [2.45, 2.75) is 20.0 Å². The lowest BCUT2D eigenvalue weighted by atomic mass is 10.3. The number of aromatic nitrogens is 2. The fourth-order valence-electron chi connectivity index (χ4n) is 0.767. The number of nitrogens with zero attached hydrogens (tertiary/aromatic N) is 2. The second-order valence-electron chi connectivity index (χ2n) is 2.62. The van der Waals surface area contributed by atoms with Gasteiger partial charge in [-0.15, -0.1) is 6.42 Å². The second-order valence-corrected chi connectivity index (χ2v) is 2.62. The van der Waals surface area contributed by atoms with Gasteiger partial charge >= 0.3 is 0 Å². The van der Waals surface area contributed by atoms with E-state index >= 15 is 0 Å². The summed E-state index contributed by atoms with van der Waals surface area (Å²) in [5, 5.41) is 0. The van der Waals surface area contributed by atoms with Crippen molar-refractivity contribution < 1.29 is 4.74 Å². The number of terminal acetylenes is 1. The molecular formula is C9H11N3O. The van der Waals surface area contributed by atoms with Crippen LogP contribution in [-0.4, -0.2) is 16.1 Å². The predicted molar refractivity (Wildman–Crippen MR) is 50.1 cm³/mol. The van der Waals surface area contributed by atoms with Crippen LogP contribution >= 0.6 is 0 Å². The topological polar surface area (TPSA) is 61.0 Å². The van der Waals surface area contributed by atoms with E-state index in [-0.39, 0.29) is 6.10 Å². The lowest BCUT2D eigenvalue weighted by molar-refractivity contribution is 0.265. The summed E-state index contributed by atoms with van der Waals surface area (Å²) in [5.41, 5.74) is 6.27. The van der Waals surface area contributed by atoms with Crippen LogP contribution in [0.15, 0.2) is 6.33 Å². The molecule has 0 radical (unpaired) electrons. The van der Waals surface area contributed by atoms with Gasteiger partial charge in [-0.3, -0.25) is 0 Å². The van der Waals surface area contributed by atoms with E-state index in [0.717, 1.165) is 0 Å². The predicted octanol–water partition coefficient (Wildman–Crippen LogP) is 0.768. The minimum atomic E-state index is -0.312. The highest BCUT2D eigenvalue weighted by Gasteiger charge is 2.07. The quantitative estimate of drug-likeness (QED) is 0.678. The van der Waals surface area contributed by atoms with Crippen molar-refractivity contribution in [3.8, 4) is 18.2 Å². The summed E-state index contributed by atoms with van der Waals surface area (Å²) < 4.78 is 5.31. The van der Waals surface area contributed by atoms with E-state index in [4.69, 9.17) is 16.9 Å². The largest absolute Gasteiger partial charge is 0.461 e. The third-order valence-corrected chi connectivity index (χ3v) is 1.60. The summed E-state index contributed by atoms with van der Waals surface area (Å²) in [7, 11) is 0. The molecule has 0 aliphatic carbocycles. The molecule has 0 bridgehead atoms. The summed E-state index contributed by atoms with van der Waals surface area (Å²) in [4.78, 5) is 7.73. The first-order valence-electron chi connectivity index (χ1n) is 3.85. The molecule has 1 aromatic rings. The Morgan fingerprint density at radius 2 is 2.31 bits per heavy atom. The van der Waals surface area contributed by atoms with E-state index in [1.54, 1.807) is 13.8 Å². The average Bonchev–Trinajstić information content (AvgIpc) is 2.13. The van der Waals surface area contributed by atoms with Crippen LogP contribution in [0.1, 0.15) is 12.5 Å². The minimum Gasteiger partial charge on any atom is -0.461 e. The lowest BCUT2D eigenvalue weighted by Gasteiger charge is -2.10. The van der Waals surface area contributed by atoms with Crippen molar-refractivity contribution >= 4 is 5.82 Å². The molecule has 1 unspecified atom stereocenters. The van der Waals surface area contributed by atoms with E-state index in [1.807, 2.05) is 0 Å². The Morgan fingerprint density at radius 3 is 2.92 bits per heavy atom. The molecular weight excluding hydrogens is 166 g/mol. The van der Waals surface area contributed by atoms with E-state index < -0.39 is 0 Å². The van der Waals surface area contributed by atoms with Gasteiger partial charge in [-0.05, 0) is 13.8 Å². The average molecular weight is 177 g/mol. The molecule has 0 fully saturated rings. The van der Waals surface area contributed by atoms with E-state index in [1.165, 1.54) is 6.33 Å². The van der Waals surface area contributed by atoms with Gasteiger partial charge in [-0.1, -0.05) is 5.92 Å². The fraction of sp³-hybridized carbons (Fsp3) is 0.333. The van der Waals surface area contributed by atoms with Crippen LogP contribution in [0.3, 0.4) is 0 Å². The smallest absolute Gasteiger partial charge is 0.222 e. The number of nitrogens with two attached hydrogens (primary N) is 1. The van der Waals surface area contributed by atoms with Crippen molar-refractivity contribution in [2.75, 3.05) is 5.73 Å². The van der Waals surface area contributed by atoms with Crippen LogP contribution in [0.25, 0.3) is 0 Å². The van der Waals surface area contributed by atoms with Crippen molar-refractivity contribution in [1.82, 2.24) is 9.97 Å². The molecule has 4 nitrogen and oxygen atoms in total. The zero-order valence-corrected chi connectivity index (χ0v) is 7.61. The molecule has 0 spiro atoms. The first-order valence-corrected chi connectivity index (χ1v) is 3.85. The molecule has 0 saturated heterocycles. The van der Waals surface area contributed by atoms with Gasteiger partial charge in [0.1, 0.15) is 12.1 Å². The highest BCUT2D eigenvalue weighted by Crippen LogP contribution is 2.18. The number of hydrogen-bond donors (Lipinski definition) is 1. The van der Waals surface area contributed by atoms with Crippen LogP contribution in [0.4, 0.5) is 5.82 Å². The van der Waals surface area contributed by atoms with E-state index in [0.29, 0.717) is 17.3 Å². The normalized spacial score (nSPS) is 11.8. The zero-order chi connectivity index (χ0) is 9.84. The standard InChI is InChI=1S/C9H11N3O/c1-4-6(2)13-9-7(3)8(10)11-5-12-9/h1,5-6H,2-3H3,(H2,10,11,12). The van der Waals surface area contributed by atoms with Crippen molar-refractivity contribution in [3.63, 3.8) is 0 Å². The summed E-state index contributed by atoms with van der Waals surface area (Å²) in [6, 6.07) is 0. The van der Waals surface area contributed by atoms with Gasteiger partial charge in [0.25, 0.3) is 0 Å². The molecule has 2 N–H and O–H groups in total. The summed E-state index contributed by atoms with van der Waals surface area (Å²) in [6.07, 6.45) is 6.19. The Bertz CT molecular complexity index is 343. The molecule has 1 aromatic heterocycles. The van der Waals surface area contributed by atoms with Crippen molar-refractivity contribution in [2.24, 2.45) is 0 Å². The maximum Gasteiger partial charge on any atom is 0.222 e. The molecule has 1 rings (SSSR count). The summed E-state index contributed by atoms with van der Waals surface area (Å²) in [5.74, 6) is 3.29. The second kappa shape index (κ2) is 3.76. The molecule has 13 heavy (non-hydrogen) atoms. The van der Waals surface area contributed by atoms with Gasteiger partial charge in [0.15, 0.2) is 6.10 Å². The summed E-state index contributed by atoms with van der Waals surface area (Å²) >= 11 is 0. The number of anilines is 1. The van der Waals surface area contributed by atoms with Gasteiger partial charge in [-0.25, -0.2) is 9.97 Å². The Hall–Kier alpha value is -1.76. The van der Waals surface area contributed by atoms with Gasteiger partial charge in [0.2, 0.25) is 5.88 Å². The lowest BCUT2D eigenvalue weighted by Crippen LogP contribution is -2.11. The number of rotatable bonds is 2. The third-order valence-electron chi connectivity index (χ3n) is 1.60. The molecule has 0 aliphatic heterocycles. The maximum absolute atomic E-state index is 5.56. The third kappa shape index (κ3) is 2.09. The Labute approximate surface area is 77.1 Å². The van der Waals surface area contributed by atoms with E-state index in [9.17, 15) is 0 Å². The maximum atomic E-state index is 5.56. The van der Waals surface area contributed by atoms with Gasteiger partial charge < -0.3 is 10.5 Å². The summed E-state index contributed by atoms with van der Waals surface area (Å²) in [6.45, 7) is 3.55. The van der Waals surface area contributed by atoms with Gasteiger partial charge in [0, 0.05) is 0 Å². The SMILES string of the molecule is C#CC(C)Oc1ncnc(N)c1C. The monoisotopic (exact) mass is 177 g/mol. The van der Waals surface area contributed by atoms with Crippen LogP contribution in [-0.2, 0) is 0 Å². The van der Waals surface area contributed by atoms with Crippen molar-refractivity contribution in [3.05, 3.63) is 11.9 Å². The van der Waals surface area contributed by atoms with Crippen LogP contribution in [0.2, 0.25) is 0 Å². The molecule has 4 heteroatoms. The zero-order valence-electron chi connectivity index (χ0n) is 7.61. The molecule has 0 aliphatic rings. The highest BCUT2D eigenvalue weighted by atomic mass is 16.5. The first-order chi connectivity index (χ1) is 6.15. The molecule has 1 heterocycles. The van der Waals surface area contributed by atoms with Gasteiger partial charge in [0.05, 0.1) is 5.56 Å². The Kier molecular flexibility index (Phi) is 2.70. The van der Waals surface area contributed by atoms with Crippen LogP contribution in [0.5, 0.6) is 5.88 Å². The fourth-order valence-corrected chi connectivity index (χ4v) is 0.767. The number of ether oxygens (including phenoxy) is 1. The number of nitrogen functional groups attached to an aromatic ring is 1. The van der Waals surface area contributed by atoms with Gasteiger partial charge in [-0.2, -0.15) is 0 Å². The molecule has 0 aromatic carbocycles. The molecule has 0 saturated carbocycles.